The van der Waals surface area contributed by atoms with Gasteiger partial charge in [-0.25, -0.2) is 0 Å². The Labute approximate surface area is 129 Å². The molecule has 7 heteroatoms. The van der Waals surface area contributed by atoms with Crippen LogP contribution >= 0.6 is 15.9 Å². The van der Waals surface area contributed by atoms with Crippen molar-refractivity contribution in [2.75, 3.05) is 0 Å². The molecular weight excluding hydrogens is 338 g/mol. The van der Waals surface area contributed by atoms with Crippen molar-refractivity contribution in [3.05, 3.63) is 68.2 Å². The first-order valence-electron chi connectivity index (χ1n) is 5.97. The van der Waals surface area contributed by atoms with Gasteiger partial charge in [0.25, 0.3) is 5.69 Å². The molecule has 2 aromatic rings. The Morgan fingerprint density at radius 3 is 2.52 bits per heavy atom. The molecule has 2 rings (SSSR count). The summed E-state index contributed by atoms with van der Waals surface area (Å²) in [5, 5.41) is 18.1. The predicted molar refractivity (Wildman–Crippen MR) is 82.6 cm³/mol. The van der Waals surface area contributed by atoms with Gasteiger partial charge in [-0.1, -0.05) is 40.2 Å². The summed E-state index contributed by atoms with van der Waals surface area (Å²) in [7, 11) is 0. The third-order valence-electron chi connectivity index (χ3n) is 2.74. The highest BCUT2D eigenvalue weighted by Crippen LogP contribution is 2.26. The van der Waals surface area contributed by atoms with E-state index in [9.17, 15) is 10.1 Å². The average Bonchev–Trinajstić information content (AvgIpc) is 2.45. The van der Waals surface area contributed by atoms with E-state index in [1.807, 2.05) is 0 Å². The summed E-state index contributed by atoms with van der Waals surface area (Å²) < 4.78 is 6.13. The fraction of sp³-hybridized carbons (Fsp3) is 0.0714. The molecule has 2 aromatic carbocycles. The molecule has 0 radical (unpaired) electrons. The number of non-ortho nitro benzene ring substituents is 1. The van der Waals surface area contributed by atoms with Crippen molar-refractivity contribution in [3.63, 3.8) is 0 Å². The number of ether oxygens (including phenoxy) is 1. The fourth-order valence-electron chi connectivity index (χ4n) is 1.68. The van der Waals surface area contributed by atoms with E-state index in [1.54, 1.807) is 30.3 Å². The Balaban J connectivity index is 2.09. The molecule has 0 amide bonds. The lowest BCUT2D eigenvalue weighted by molar-refractivity contribution is -0.385. The number of amidine groups is 1. The molecule has 108 valence electrons. The Bertz CT molecular complexity index is 686. The summed E-state index contributed by atoms with van der Waals surface area (Å²) in [4.78, 5) is 10.3. The van der Waals surface area contributed by atoms with E-state index in [4.69, 9.17) is 15.9 Å². The van der Waals surface area contributed by atoms with Crippen molar-refractivity contribution in [2.24, 2.45) is 5.73 Å². The van der Waals surface area contributed by atoms with Crippen molar-refractivity contribution in [1.29, 1.82) is 5.41 Å². The van der Waals surface area contributed by atoms with Crippen molar-refractivity contribution in [2.45, 2.75) is 6.61 Å². The van der Waals surface area contributed by atoms with Crippen LogP contribution in [0.1, 0.15) is 11.1 Å². The van der Waals surface area contributed by atoms with Crippen LogP contribution < -0.4 is 10.5 Å². The fourth-order valence-corrected chi connectivity index (χ4v) is 2.14. The van der Waals surface area contributed by atoms with Crippen molar-refractivity contribution in [3.8, 4) is 5.75 Å². The van der Waals surface area contributed by atoms with Gasteiger partial charge in [0.1, 0.15) is 18.2 Å². The smallest absolute Gasteiger partial charge is 0.274 e. The maximum absolute atomic E-state index is 10.8. The molecule has 0 aromatic heterocycles. The second kappa shape index (κ2) is 6.36. The van der Waals surface area contributed by atoms with Crippen LogP contribution in [0, 0.1) is 15.5 Å². The summed E-state index contributed by atoms with van der Waals surface area (Å²) in [5.41, 5.74) is 6.85. The number of halogens is 1. The number of nitrogens with zero attached hydrogens (tertiary/aromatic N) is 1. The van der Waals surface area contributed by atoms with E-state index in [0.29, 0.717) is 15.8 Å². The van der Waals surface area contributed by atoms with Crippen molar-refractivity contribution >= 4 is 27.5 Å². The number of hydrogen-bond acceptors (Lipinski definition) is 4. The van der Waals surface area contributed by atoms with Crippen LogP contribution in [0.4, 0.5) is 5.69 Å². The highest BCUT2D eigenvalue weighted by atomic mass is 79.9. The second-order valence-corrected chi connectivity index (χ2v) is 5.22. The minimum Gasteiger partial charge on any atom is -0.489 e. The van der Waals surface area contributed by atoms with Gasteiger partial charge in [-0.05, 0) is 11.6 Å². The van der Waals surface area contributed by atoms with Gasteiger partial charge in [0.2, 0.25) is 0 Å². The predicted octanol–water partition coefficient (Wildman–Crippen LogP) is 3.22. The molecule has 0 heterocycles. The van der Waals surface area contributed by atoms with E-state index in [1.165, 1.54) is 12.1 Å². The Kier molecular flexibility index (Phi) is 4.54. The lowest BCUT2D eigenvalue weighted by Gasteiger charge is -2.07. The molecule has 0 aliphatic carbocycles. The normalized spacial score (nSPS) is 10.1. The third kappa shape index (κ3) is 4.03. The van der Waals surface area contributed by atoms with E-state index in [-0.39, 0.29) is 18.1 Å². The van der Waals surface area contributed by atoms with Gasteiger partial charge in [0.15, 0.2) is 0 Å². The Hall–Kier alpha value is -2.41. The van der Waals surface area contributed by atoms with Gasteiger partial charge in [-0.3, -0.25) is 15.5 Å². The standard InChI is InChI=1S/C14H12BrN3O3/c15-11-5-12(18(19)20)7-13(6-11)21-8-9-1-3-10(4-2-9)14(16)17/h1-7H,8H2,(H3,16,17). The lowest BCUT2D eigenvalue weighted by atomic mass is 10.1. The zero-order chi connectivity index (χ0) is 15.4. The maximum atomic E-state index is 10.8. The summed E-state index contributed by atoms with van der Waals surface area (Å²) in [6.07, 6.45) is 0. The number of rotatable bonds is 5. The number of hydrogen-bond donors (Lipinski definition) is 2. The molecule has 0 spiro atoms. The molecule has 0 fully saturated rings. The Morgan fingerprint density at radius 2 is 1.95 bits per heavy atom. The molecule has 0 aliphatic heterocycles. The van der Waals surface area contributed by atoms with Crippen LogP contribution in [0.2, 0.25) is 0 Å². The van der Waals surface area contributed by atoms with Gasteiger partial charge < -0.3 is 10.5 Å². The van der Waals surface area contributed by atoms with E-state index >= 15 is 0 Å². The number of nitrogens with one attached hydrogen (secondary N) is 1. The molecule has 6 nitrogen and oxygen atoms in total. The summed E-state index contributed by atoms with van der Waals surface area (Å²) in [5.74, 6) is 0.414. The topological polar surface area (TPSA) is 102 Å². The number of nitro groups is 1. The van der Waals surface area contributed by atoms with Crippen LogP contribution in [0.25, 0.3) is 0 Å². The largest absolute Gasteiger partial charge is 0.489 e. The first-order valence-corrected chi connectivity index (χ1v) is 6.76. The number of benzene rings is 2. The molecule has 0 unspecified atom stereocenters. The second-order valence-electron chi connectivity index (χ2n) is 4.30. The van der Waals surface area contributed by atoms with Crippen LogP contribution in [0.15, 0.2) is 46.9 Å². The average molecular weight is 350 g/mol. The van der Waals surface area contributed by atoms with Gasteiger partial charge in [-0.2, -0.15) is 0 Å². The van der Waals surface area contributed by atoms with Crippen LogP contribution in [-0.2, 0) is 6.61 Å². The molecule has 3 N–H and O–H groups in total. The van der Waals surface area contributed by atoms with Gasteiger partial charge >= 0.3 is 0 Å². The number of nitrogens with two attached hydrogens (primary N) is 1. The highest BCUT2D eigenvalue weighted by molar-refractivity contribution is 9.10. The highest BCUT2D eigenvalue weighted by Gasteiger charge is 2.09. The summed E-state index contributed by atoms with van der Waals surface area (Å²) >= 11 is 3.21. The Morgan fingerprint density at radius 1 is 1.29 bits per heavy atom. The minimum absolute atomic E-state index is 0.00471. The van der Waals surface area contributed by atoms with Crippen LogP contribution in [-0.4, -0.2) is 10.8 Å². The van der Waals surface area contributed by atoms with Crippen molar-refractivity contribution < 1.29 is 9.66 Å². The van der Waals surface area contributed by atoms with E-state index in [0.717, 1.165) is 5.56 Å². The quantitative estimate of drug-likeness (QED) is 0.374. The molecule has 0 atom stereocenters. The lowest BCUT2D eigenvalue weighted by Crippen LogP contribution is -2.10. The van der Waals surface area contributed by atoms with Crippen LogP contribution in [0.5, 0.6) is 5.75 Å². The van der Waals surface area contributed by atoms with Crippen LogP contribution in [0.3, 0.4) is 0 Å². The van der Waals surface area contributed by atoms with Gasteiger partial charge in [0, 0.05) is 16.1 Å². The number of nitro benzene ring substituents is 1. The molecule has 0 bridgehead atoms. The van der Waals surface area contributed by atoms with Gasteiger partial charge in [-0.15, -0.1) is 0 Å². The minimum atomic E-state index is -0.473. The zero-order valence-electron chi connectivity index (χ0n) is 10.9. The number of nitrogen functional groups attached to an aromatic ring is 1. The summed E-state index contributed by atoms with van der Waals surface area (Å²) in [6, 6.07) is 11.5. The van der Waals surface area contributed by atoms with E-state index in [2.05, 4.69) is 15.9 Å². The molecular formula is C14H12BrN3O3. The third-order valence-corrected chi connectivity index (χ3v) is 3.20. The first-order chi connectivity index (χ1) is 9.95. The SMILES string of the molecule is N=C(N)c1ccc(COc2cc(Br)cc([N+](=O)[O-])c2)cc1. The molecule has 21 heavy (non-hydrogen) atoms. The maximum Gasteiger partial charge on any atom is 0.274 e. The van der Waals surface area contributed by atoms with Crippen molar-refractivity contribution in [1.82, 2.24) is 0 Å². The molecule has 0 saturated heterocycles. The van der Waals surface area contributed by atoms with Gasteiger partial charge in [0.05, 0.1) is 11.0 Å². The summed E-state index contributed by atoms with van der Waals surface area (Å²) in [6.45, 7) is 0.270. The molecule has 0 aliphatic rings. The molecule has 0 saturated carbocycles. The zero-order valence-corrected chi connectivity index (χ0v) is 12.5. The monoisotopic (exact) mass is 349 g/mol. The first kappa shape index (κ1) is 15.0. The van der Waals surface area contributed by atoms with E-state index < -0.39 is 4.92 Å².